The SMILES string of the molecule is CCC(CC(=O)O)N1CCC(C(F)(F)F)CC1. The van der Waals surface area contributed by atoms with Gasteiger partial charge in [0.05, 0.1) is 12.3 Å². The number of likely N-dealkylation sites (tertiary alicyclic amines) is 1. The van der Waals surface area contributed by atoms with Crippen LogP contribution in [0.5, 0.6) is 0 Å². The van der Waals surface area contributed by atoms with Crippen LogP contribution in [0.15, 0.2) is 0 Å². The molecule has 1 unspecified atom stereocenters. The fraction of sp³-hybridized carbons (Fsp3) is 0.909. The number of piperidine rings is 1. The summed E-state index contributed by atoms with van der Waals surface area (Å²) in [7, 11) is 0. The lowest BCUT2D eigenvalue weighted by molar-refractivity contribution is -0.186. The molecule has 0 aromatic heterocycles. The summed E-state index contributed by atoms with van der Waals surface area (Å²) in [6.07, 6.45) is -3.28. The molecule has 6 heteroatoms. The van der Waals surface area contributed by atoms with Gasteiger partial charge in [0.15, 0.2) is 0 Å². The van der Waals surface area contributed by atoms with E-state index in [2.05, 4.69) is 0 Å². The van der Waals surface area contributed by atoms with Gasteiger partial charge in [-0.05, 0) is 32.4 Å². The highest BCUT2D eigenvalue weighted by Crippen LogP contribution is 2.34. The number of nitrogens with zero attached hydrogens (tertiary/aromatic N) is 1. The molecule has 1 N–H and O–H groups in total. The smallest absolute Gasteiger partial charge is 0.391 e. The van der Waals surface area contributed by atoms with Gasteiger partial charge in [-0.2, -0.15) is 13.2 Å². The fourth-order valence-corrected chi connectivity index (χ4v) is 2.33. The van der Waals surface area contributed by atoms with E-state index in [1.165, 1.54) is 0 Å². The number of hydrogen-bond acceptors (Lipinski definition) is 2. The van der Waals surface area contributed by atoms with Crippen molar-refractivity contribution in [2.24, 2.45) is 5.92 Å². The highest BCUT2D eigenvalue weighted by Gasteiger charge is 2.41. The van der Waals surface area contributed by atoms with Gasteiger partial charge in [-0.1, -0.05) is 6.92 Å². The van der Waals surface area contributed by atoms with E-state index >= 15 is 0 Å². The Kier molecular flexibility index (Phi) is 4.80. The van der Waals surface area contributed by atoms with Crippen molar-refractivity contribution in [3.05, 3.63) is 0 Å². The van der Waals surface area contributed by atoms with E-state index in [1.807, 2.05) is 11.8 Å². The number of aliphatic carboxylic acids is 1. The maximum absolute atomic E-state index is 12.4. The van der Waals surface area contributed by atoms with E-state index < -0.39 is 18.1 Å². The predicted octanol–water partition coefficient (Wildman–Crippen LogP) is 2.51. The molecular weight excluding hydrogens is 235 g/mol. The van der Waals surface area contributed by atoms with Gasteiger partial charge in [0.1, 0.15) is 0 Å². The molecule has 0 bridgehead atoms. The highest BCUT2D eigenvalue weighted by atomic mass is 19.4. The number of carboxylic acid groups (broad SMARTS) is 1. The van der Waals surface area contributed by atoms with Crippen LogP contribution in [0.1, 0.15) is 32.6 Å². The summed E-state index contributed by atoms with van der Waals surface area (Å²) in [6.45, 7) is 2.55. The first-order chi connectivity index (χ1) is 7.84. The molecule has 1 fully saturated rings. The van der Waals surface area contributed by atoms with Crippen LogP contribution >= 0.6 is 0 Å². The fourth-order valence-electron chi connectivity index (χ4n) is 2.33. The van der Waals surface area contributed by atoms with Crippen LogP contribution in [-0.4, -0.2) is 41.3 Å². The molecule has 0 amide bonds. The van der Waals surface area contributed by atoms with Crippen LogP contribution in [0.4, 0.5) is 13.2 Å². The number of carboxylic acids is 1. The summed E-state index contributed by atoms with van der Waals surface area (Å²) >= 11 is 0. The highest BCUT2D eigenvalue weighted by molar-refractivity contribution is 5.67. The minimum Gasteiger partial charge on any atom is -0.481 e. The zero-order valence-corrected chi connectivity index (χ0v) is 9.83. The van der Waals surface area contributed by atoms with Crippen molar-refractivity contribution in [2.45, 2.75) is 44.8 Å². The van der Waals surface area contributed by atoms with Crippen molar-refractivity contribution in [1.82, 2.24) is 4.90 Å². The van der Waals surface area contributed by atoms with Gasteiger partial charge < -0.3 is 5.11 Å². The third-order valence-electron chi connectivity index (χ3n) is 3.39. The molecule has 1 rings (SSSR count). The standard InChI is InChI=1S/C11H18F3NO2/c1-2-9(7-10(16)17)15-5-3-8(4-6-15)11(12,13)14/h8-9H,2-7H2,1H3,(H,16,17). The van der Waals surface area contributed by atoms with Crippen LogP contribution in [0.25, 0.3) is 0 Å². The van der Waals surface area contributed by atoms with Gasteiger partial charge in [-0.3, -0.25) is 9.69 Å². The molecule has 0 aromatic rings. The maximum Gasteiger partial charge on any atom is 0.391 e. The Labute approximate surface area is 98.6 Å². The van der Waals surface area contributed by atoms with E-state index in [1.54, 1.807) is 0 Å². The Hall–Kier alpha value is -0.780. The summed E-state index contributed by atoms with van der Waals surface area (Å²) in [6, 6.07) is -0.137. The largest absolute Gasteiger partial charge is 0.481 e. The molecular formula is C11H18F3NO2. The monoisotopic (exact) mass is 253 g/mol. The average molecular weight is 253 g/mol. The molecule has 0 saturated carbocycles. The van der Waals surface area contributed by atoms with E-state index in [9.17, 15) is 18.0 Å². The van der Waals surface area contributed by atoms with Crippen molar-refractivity contribution in [2.75, 3.05) is 13.1 Å². The van der Waals surface area contributed by atoms with Gasteiger partial charge in [0, 0.05) is 6.04 Å². The lowest BCUT2D eigenvalue weighted by Gasteiger charge is -2.37. The molecule has 0 spiro atoms. The molecule has 1 atom stereocenters. The lowest BCUT2D eigenvalue weighted by Crippen LogP contribution is -2.44. The molecule has 1 aliphatic heterocycles. The van der Waals surface area contributed by atoms with E-state index in [4.69, 9.17) is 5.11 Å². The van der Waals surface area contributed by atoms with Crippen molar-refractivity contribution >= 4 is 5.97 Å². The molecule has 1 saturated heterocycles. The molecule has 1 aliphatic rings. The van der Waals surface area contributed by atoms with Crippen LogP contribution in [-0.2, 0) is 4.79 Å². The Morgan fingerprint density at radius 3 is 2.29 bits per heavy atom. The zero-order chi connectivity index (χ0) is 13.1. The van der Waals surface area contributed by atoms with E-state index in [-0.39, 0.29) is 25.3 Å². The average Bonchev–Trinajstić information content (AvgIpc) is 2.24. The van der Waals surface area contributed by atoms with Crippen molar-refractivity contribution in [3.8, 4) is 0 Å². The molecule has 3 nitrogen and oxygen atoms in total. The Bertz CT molecular complexity index is 260. The normalized spacial score (nSPS) is 21.4. The van der Waals surface area contributed by atoms with Crippen LogP contribution in [0.2, 0.25) is 0 Å². The second-order valence-corrected chi connectivity index (χ2v) is 4.51. The third-order valence-corrected chi connectivity index (χ3v) is 3.39. The quantitative estimate of drug-likeness (QED) is 0.837. The Morgan fingerprint density at radius 2 is 1.94 bits per heavy atom. The van der Waals surface area contributed by atoms with Crippen molar-refractivity contribution in [3.63, 3.8) is 0 Å². The van der Waals surface area contributed by atoms with Crippen LogP contribution < -0.4 is 0 Å². The van der Waals surface area contributed by atoms with Crippen molar-refractivity contribution < 1.29 is 23.1 Å². The molecule has 100 valence electrons. The minimum atomic E-state index is -4.11. The molecule has 0 aliphatic carbocycles. The number of halogens is 3. The second kappa shape index (κ2) is 5.71. The summed E-state index contributed by atoms with van der Waals surface area (Å²) in [4.78, 5) is 12.5. The van der Waals surface area contributed by atoms with Crippen LogP contribution in [0, 0.1) is 5.92 Å². The number of rotatable bonds is 4. The zero-order valence-electron chi connectivity index (χ0n) is 9.83. The first kappa shape index (κ1) is 14.3. The van der Waals surface area contributed by atoms with Crippen molar-refractivity contribution in [1.29, 1.82) is 0 Å². The summed E-state index contributed by atoms with van der Waals surface area (Å²) in [5, 5.41) is 8.72. The Balaban J connectivity index is 2.47. The van der Waals surface area contributed by atoms with Gasteiger partial charge in [-0.25, -0.2) is 0 Å². The molecule has 17 heavy (non-hydrogen) atoms. The summed E-state index contributed by atoms with van der Waals surface area (Å²) < 4.78 is 37.3. The molecule has 0 radical (unpaired) electrons. The van der Waals surface area contributed by atoms with Gasteiger partial charge >= 0.3 is 12.1 Å². The minimum absolute atomic E-state index is 0.00713. The van der Waals surface area contributed by atoms with Crippen LogP contribution in [0.3, 0.4) is 0 Å². The summed E-state index contributed by atoms with van der Waals surface area (Å²) in [5.41, 5.74) is 0. The lowest BCUT2D eigenvalue weighted by atomic mass is 9.94. The topological polar surface area (TPSA) is 40.5 Å². The third kappa shape index (κ3) is 4.18. The Morgan fingerprint density at radius 1 is 1.41 bits per heavy atom. The van der Waals surface area contributed by atoms with Gasteiger partial charge in [0.25, 0.3) is 0 Å². The van der Waals surface area contributed by atoms with E-state index in [0.717, 1.165) is 0 Å². The number of carbonyl (C=O) groups is 1. The first-order valence-electron chi connectivity index (χ1n) is 5.87. The molecule has 1 heterocycles. The predicted molar refractivity (Wildman–Crippen MR) is 56.7 cm³/mol. The number of alkyl halides is 3. The summed E-state index contributed by atoms with van der Waals surface area (Å²) in [5.74, 6) is -2.11. The number of hydrogen-bond donors (Lipinski definition) is 1. The molecule has 0 aromatic carbocycles. The van der Waals surface area contributed by atoms with E-state index in [0.29, 0.717) is 19.5 Å². The second-order valence-electron chi connectivity index (χ2n) is 4.51. The maximum atomic E-state index is 12.4. The first-order valence-corrected chi connectivity index (χ1v) is 5.87. The van der Waals surface area contributed by atoms with Gasteiger partial charge in [-0.15, -0.1) is 0 Å². The van der Waals surface area contributed by atoms with Gasteiger partial charge in [0.2, 0.25) is 0 Å².